The molecule has 0 aliphatic rings. The first kappa shape index (κ1) is 19.7. The molecular formula is C16H16F3N3O3S. The number of para-hydroxylation sites is 2. The molecule has 0 radical (unpaired) electrons. The lowest BCUT2D eigenvalue weighted by Gasteiger charge is -2.14. The van der Waals surface area contributed by atoms with Crippen molar-refractivity contribution in [2.75, 3.05) is 24.2 Å². The lowest BCUT2D eigenvalue weighted by Crippen LogP contribution is -2.22. The van der Waals surface area contributed by atoms with Crippen LogP contribution in [-0.4, -0.2) is 34.1 Å². The molecule has 0 saturated carbocycles. The van der Waals surface area contributed by atoms with E-state index in [-0.39, 0.29) is 21.8 Å². The van der Waals surface area contributed by atoms with E-state index in [1.807, 2.05) is 0 Å². The Balaban J connectivity index is 2.15. The average molecular weight is 387 g/mol. The predicted molar refractivity (Wildman–Crippen MR) is 91.6 cm³/mol. The number of hydrogen-bond donors (Lipinski definition) is 3. The van der Waals surface area contributed by atoms with E-state index in [9.17, 15) is 26.4 Å². The largest absolute Gasteiger partial charge is 0.405 e. The van der Waals surface area contributed by atoms with Gasteiger partial charge in [-0.2, -0.15) is 13.2 Å². The molecule has 0 aromatic heterocycles. The van der Waals surface area contributed by atoms with Crippen molar-refractivity contribution in [3.63, 3.8) is 0 Å². The molecule has 0 saturated heterocycles. The van der Waals surface area contributed by atoms with Gasteiger partial charge in [0.2, 0.25) is 10.0 Å². The number of rotatable bonds is 6. The third-order valence-corrected chi connectivity index (χ3v) is 4.78. The summed E-state index contributed by atoms with van der Waals surface area (Å²) in [6.45, 7) is -1.24. The highest BCUT2D eigenvalue weighted by Crippen LogP contribution is 2.24. The van der Waals surface area contributed by atoms with E-state index in [0.29, 0.717) is 0 Å². The second kappa shape index (κ2) is 7.75. The highest BCUT2D eigenvalue weighted by Gasteiger charge is 2.27. The molecule has 2 rings (SSSR count). The Morgan fingerprint density at radius 1 is 1.00 bits per heavy atom. The molecule has 0 unspecified atom stereocenters. The van der Waals surface area contributed by atoms with Crippen LogP contribution in [0.4, 0.5) is 24.5 Å². The molecule has 2 aromatic carbocycles. The van der Waals surface area contributed by atoms with E-state index in [1.54, 1.807) is 6.07 Å². The van der Waals surface area contributed by atoms with E-state index >= 15 is 0 Å². The topological polar surface area (TPSA) is 87.3 Å². The molecule has 0 fully saturated rings. The summed E-state index contributed by atoms with van der Waals surface area (Å²) in [6.07, 6.45) is -4.40. The summed E-state index contributed by atoms with van der Waals surface area (Å²) in [5.41, 5.74) is 0.451. The van der Waals surface area contributed by atoms with Gasteiger partial charge in [-0.25, -0.2) is 13.1 Å². The number of sulfonamides is 1. The van der Waals surface area contributed by atoms with Gasteiger partial charge in [-0.1, -0.05) is 12.1 Å². The molecule has 0 atom stereocenters. The van der Waals surface area contributed by atoms with Crippen molar-refractivity contribution in [1.82, 2.24) is 4.72 Å². The van der Waals surface area contributed by atoms with Gasteiger partial charge < -0.3 is 10.6 Å². The molecule has 1 amide bonds. The second-order valence-electron chi connectivity index (χ2n) is 5.20. The lowest BCUT2D eigenvalue weighted by atomic mass is 10.2. The van der Waals surface area contributed by atoms with Gasteiger partial charge in [0.25, 0.3) is 5.91 Å². The third-order valence-electron chi connectivity index (χ3n) is 3.35. The average Bonchev–Trinajstić information content (AvgIpc) is 2.60. The summed E-state index contributed by atoms with van der Waals surface area (Å²) in [6, 6.07) is 11.1. The molecule has 140 valence electrons. The first-order valence-corrected chi connectivity index (χ1v) is 8.85. The number of carbonyl (C=O) groups excluding carboxylic acids is 1. The van der Waals surface area contributed by atoms with Crippen LogP contribution in [0.2, 0.25) is 0 Å². The summed E-state index contributed by atoms with van der Waals surface area (Å²) in [5, 5.41) is 4.72. The molecule has 0 bridgehead atoms. The monoisotopic (exact) mass is 387 g/mol. The minimum absolute atomic E-state index is 0.0104. The molecule has 26 heavy (non-hydrogen) atoms. The Kier molecular flexibility index (Phi) is 5.88. The standard InChI is InChI=1S/C16H16F3N3O3S/c1-20-26(24,25)12-8-6-11(7-9-12)15(23)22-14-5-3-2-4-13(14)21-10-16(17,18)19/h2-9,20-21H,10H2,1H3,(H,22,23). The number of amides is 1. The van der Waals surface area contributed by atoms with E-state index in [0.717, 1.165) is 0 Å². The number of benzene rings is 2. The number of anilines is 2. The van der Waals surface area contributed by atoms with Crippen LogP contribution in [0.25, 0.3) is 0 Å². The molecule has 0 aliphatic carbocycles. The Hall–Kier alpha value is -2.59. The van der Waals surface area contributed by atoms with Gasteiger partial charge in [0.1, 0.15) is 6.54 Å². The number of hydrogen-bond acceptors (Lipinski definition) is 4. The molecular weight excluding hydrogens is 371 g/mol. The third kappa shape index (κ3) is 5.20. The normalized spacial score (nSPS) is 11.8. The van der Waals surface area contributed by atoms with Crippen LogP contribution in [0.5, 0.6) is 0 Å². The van der Waals surface area contributed by atoms with Crippen molar-refractivity contribution >= 4 is 27.3 Å². The maximum Gasteiger partial charge on any atom is 0.405 e. The molecule has 10 heteroatoms. The van der Waals surface area contributed by atoms with Crippen LogP contribution in [0.3, 0.4) is 0 Å². The fraction of sp³-hybridized carbons (Fsp3) is 0.188. The van der Waals surface area contributed by atoms with Crippen molar-refractivity contribution in [1.29, 1.82) is 0 Å². The summed E-state index contributed by atoms with van der Waals surface area (Å²) in [5.74, 6) is -0.584. The Morgan fingerprint density at radius 2 is 1.58 bits per heavy atom. The SMILES string of the molecule is CNS(=O)(=O)c1ccc(C(=O)Nc2ccccc2NCC(F)(F)F)cc1. The Morgan fingerprint density at radius 3 is 2.12 bits per heavy atom. The van der Waals surface area contributed by atoms with Gasteiger partial charge in [0.05, 0.1) is 16.3 Å². The van der Waals surface area contributed by atoms with Crippen molar-refractivity contribution < 1.29 is 26.4 Å². The summed E-state index contributed by atoms with van der Waals surface area (Å²) >= 11 is 0. The zero-order chi connectivity index (χ0) is 19.4. The van der Waals surface area contributed by atoms with E-state index in [1.165, 1.54) is 49.5 Å². The fourth-order valence-electron chi connectivity index (χ4n) is 2.04. The number of halogens is 3. The van der Waals surface area contributed by atoms with Gasteiger partial charge in [-0.3, -0.25) is 4.79 Å². The van der Waals surface area contributed by atoms with Crippen LogP contribution < -0.4 is 15.4 Å². The van der Waals surface area contributed by atoms with Gasteiger partial charge >= 0.3 is 6.18 Å². The minimum atomic E-state index is -4.40. The lowest BCUT2D eigenvalue weighted by molar-refractivity contribution is -0.115. The van der Waals surface area contributed by atoms with Gasteiger partial charge in [0.15, 0.2) is 0 Å². The maximum absolute atomic E-state index is 12.4. The predicted octanol–water partition coefficient (Wildman–Crippen LogP) is 2.82. The number of alkyl halides is 3. The summed E-state index contributed by atoms with van der Waals surface area (Å²) in [4.78, 5) is 12.3. The molecule has 0 aliphatic heterocycles. The Bertz CT molecular complexity index is 882. The maximum atomic E-state index is 12.4. The smallest absolute Gasteiger partial charge is 0.375 e. The molecule has 3 N–H and O–H groups in total. The Labute approximate surface area is 148 Å². The first-order chi connectivity index (χ1) is 12.1. The van der Waals surface area contributed by atoms with Crippen LogP contribution in [0, 0.1) is 0 Å². The molecule has 6 nitrogen and oxygen atoms in total. The van der Waals surface area contributed by atoms with E-state index in [2.05, 4.69) is 15.4 Å². The van der Waals surface area contributed by atoms with Gasteiger partial charge in [-0.15, -0.1) is 0 Å². The fourth-order valence-corrected chi connectivity index (χ4v) is 2.77. The van der Waals surface area contributed by atoms with Crippen LogP contribution >= 0.6 is 0 Å². The first-order valence-electron chi connectivity index (χ1n) is 7.37. The zero-order valence-corrected chi connectivity index (χ0v) is 14.4. The highest BCUT2D eigenvalue weighted by molar-refractivity contribution is 7.89. The summed E-state index contributed by atoms with van der Waals surface area (Å²) in [7, 11) is -2.36. The van der Waals surface area contributed by atoms with Crippen LogP contribution in [0.1, 0.15) is 10.4 Å². The van der Waals surface area contributed by atoms with Gasteiger partial charge in [-0.05, 0) is 43.4 Å². The van der Waals surface area contributed by atoms with Crippen molar-refractivity contribution in [3.8, 4) is 0 Å². The van der Waals surface area contributed by atoms with Crippen molar-refractivity contribution in [3.05, 3.63) is 54.1 Å². The van der Waals surface area contributed by atoms with E-state index < -0.39 is 28.7 Å². The van der Waals surface area contributed by atoms with Crippen molar-refractivity contribution in [2.24, 2.45) is 0 Å². The zero-order valence-electron chi connectivity index (χ0n) is 13.6. The quantitative estimate of drug-likeness (QED) is 0.711. The van der Waals surface area contributed by atoms with E-state index in [4.69, 9.17) is 0 Å². The second-order valence-corrected chi connectivity index (χ2v) is 7.09. The molecule has 0 heterocycles. The number of nitrogens with one attached hydrogen (secondary N) is 3. The molecule has 0 spiro atoms. The van der Waals surface area contributed by atoms with Crippen molar-refractivity contribution in [2.45, 2.75) is 11.1 Å². The van der Waals surface area contributed by atoms with Crippen LogP contribution in [-0.2, 0) is 10.0 Å². The van der Waals surface area contributed by atoms with Gasteiger partial charge in [0, 0.05) is 5.56 Å². The minimum Gasteiger partial charge on any atom is -0.375 e. The number of carbonyl (C=O) groups is 1. The molecule has 2 aromatic rings. The van der Waals surface area contributed by atoms with Crippen LogP contribution in [0.15, 0.2) is 53.4 Å². The highest BCUT2D eigenvalue weighted by atomic mass is 32.2. The summed E-state index contributed by atoms with van der Waals surface area (Å²) < 4.78 is 62.5.